The van der Waals surface area contributed by atoms with Crippen molar-refractivity contribution in [2.75, 3.05) is 24.7 Å². The lowest BCUT2D eigenvalue weighted by Gasteiger charge is -2.16. The molecule has 1 aromatic heterocycles. The van der Waals surface area contributed by atoms with E-state index in [9.17, 15) is 18.8 Å². The normalized spacial score (nSPS) is 10.8. The predicted octanol–water partition coefficient (Wildman–Crippen LogP) is 4.84. The van der Waals surface area contributed by atoms with Crippen LogP contribution >= 0.6 is 11.9 Å². The Balaban J connectivity index is 2.02. The lowest BCUT2D eigenvalue weighted by Crippen LogP contribution is -2.27. The summed E-state index contributed by atoms with van der Waals surface area (Å²) in [6.07, 6.45) is 1.68. The van der Waals surface area contributed by atoms with E-state index in [-0.39, 0.29) is 46.0 Å². The highest BCUT2D eigenvalue weighted by Crippen LogP contribution is 2.30. The summed E-state index contributed by atoms with van der Waals surface area (Å²) in [5.41, 5.74) is -0.332. The molecule has 0 bridgehead atoms. The standard InChI is InChI=1S/C21H26FN5O4S/c1-21(2,3)12-17(28)32-26-19(29)24-14-7-6-8-15(18(14)22)31-13-9-10-23-16(11-13)25-20(30)27(4)5/h6-11H,12H2,1-5H3,(H,23,25,30)(H2,24,26,29). The van der Waals surface area contributed by atoms with E-state index < -0.39 is 11.8 Å². The minimum atomic E-state index is -0.802. The van der Waals surface area contributed by atoms with Gasteiger partial charge in [0.25, 0.3) is 0 Å². The predicted molar refractivity (Wildman–Crippen MR) is 122 cm³/mol. The Labute approximate surface area is 190 Å². The van der Waals surface area contributed by atoms with Gasteiger partial charge in [0.2, 0.25) is 5.12 Å². The van der Waals surface area contributed by atoms with Gasteiger partial charge in [0.05, 0.1) is 5.69 Å². The average molecular weight is 464 g/mol. The van der Waals surface area contributed by atoms with Crippen LogP contribution in [0.5, 0.6) is 11.5 Å². The molecule has 1 heterocycles. The first kappa shape index (κ1) is 24.9. The van der Waals surface area contributed by atoms with Crippen molar-refractivity contribution >= 4 is 40.6 Å². The number of hydrogen-bond donors (Lipinski definition) is 3. The van der Waals surface area contributed by atoms with Crippen molar-refractivity contribution in [3.8, 4) is 11.5 Å². The van der Waals surface area contributed by atoms with Crippen molar-refractivity contribution in [1.29, 1.82) is 0 Å². The van der Waals surface area contributed by atoms with Gasteiger partial charge in [-0.3, -0.25) is 14.8 Å². The molecular weight excluding hydrogens is 437 g/mol. The van der Waals surface area contributed by atoms with Gasteiger partial charge in [-0.25, -0.2) is 19.0 Å². The van der Waals surface area contributed by atoms with Crippen molar-refractivity contribution in [2.45, 2.75) is 27.2 Å². The zero-order valence-corrected chi connectivity index (χ0v) is 19.3. The van der Waals surface area contributed by atoms with Gasteiger partial charge in [-0.2, -0.15) is 0 Å². The molecule has 0 saturated carbocycles. The highest BCUT2D eigenvalue weighted by molar-refractivity contribution is 8.12. The average Bonchev–Trinajstić information content (AvgIpc) is 2.68. The number of rotatable bonds is 5. The van der Waals surface area contributed by atoms with Crippen LogP contribution in [-0.2, 0) is 4.79 Å². The summed E-state index contributed by atoms with van der Waals surface area (Å²) in [5, 5.41) is 4.71. The molecule has 3 N–H and O–H groups in total. The lowest BCUT2D eigenvalue weighted by atomic mass is 9.93. The molecule has 11 heteroatoms. The largest absolute Gasteiger partial charge is 0.454 e. The summed E-state index contributed by atoms with van der Waals surface area (Å²) in [6.45, 7) is 5.73. The molecule has 0 radical (unpaired) electrons. The van der Waals surface area contributed by atoms with Gasteiger partial charge in [-0.1, -0.05) is 26.8 Å². The highest BCUT2D eigenvalue weighted by atomic mass is 32.2. The summed E-state index contributed by atoms with van der Waals surface area (Å²) in [4.78, 5) is 41.0. The Hall–Kier alpha value is -3.34. The lowest BCUT2D eigenvalue weighted by molar-refractivity contribution is -0.112. The smallest absolute Gasteiger partial charge is 0.329 e. The summed E-state index contributed by atoms with van der Waals surface area (Å²) < 4.78 is 22.7. The van der Waals surface area contributed by atoms with Gasteiger partial charge in [0, 0.05) is 44.7 Å². The number of ether oxygens (including phenoxy) is 1. The second kappa shape index (κ2) is 10.8. The number of nitrogens with zero attached hydrogens (tertiary/aromatic N) is 2. The van der Waals surface area contributed by atoms with Gasteiger partial charge in [0.15, 0.2) is 11.6 Å². The molecule has 4 amide bonds. The molecule has 0 saturated heterocycles. The van der Waals surface area contributed by atoms with Crippen molar-refractivity contribution in [3.63, 3.8) is 0 Å². The molecule has 0 unspecified atom stereocenters. The summed E-state index contributed by atoms with van der Waals surface area (Å²) >= 11 is 0.652. The number of aromatic nitrogens is 1. The molecule has 1 aromatic carbocycles. The van der Waals surface area contributed by atoms with Crippen molar-refractivity contribution < 1.29 is 23.5 Å². The summed E-state index contributed by atoms with van der Waals surface area (Å²) in [6, 6.07) is 6.06. The van der Waals surface area contributed by atoms with E-state index in [2.05, 4.69) is 20.3 Å². The Kier molecular flexibility index (Phi) is 8.41. The minimum Gasteiger partial charge on any atom is -0.454 e. The molecule has 0 spiro atoms. The molecule has 0 fully saturated rings. The summed E-state index contributed by atoms with van der Waals surface area (Å²) in [5.74, 6) is -0.482. The van der Waals surface area contributed by atoms with Crippen LogP contribution in [0.1, 0.15) is 27.2 Å². The maximum atomic E-state index is 14.8. The van der Waals surface area contributed by atoms with Crippen LogP contribution in [-0.4, -0.2) is 41.2 Å². The Morgan fingerprint density at radius 3 is 2.53 bits per heavy atom. The number of pyridine rings is 1. The minimum absolute atomic E-state index is 0.126. The SMILES string of the molecule is CN(C)C(=O)Nc1cc(Oc2cccc(NC(=O)NSC(=O)CC(C)(C)C)c2F)ccn1. The number of nitrogens with one attached hydrogen (secondary N) is 3. The molecule has 0 aliphatic carbocycles. The zero-order chi connectivity index (χ0) is 23.9. The first-order valence-electron chi connectivity index (χ1n) is 9.62. The van der Waals surface area contributed by atoms with E-state index >= 15 is 0 Å². The van der Waals surface area contributed by atoms with Crippen molar-refractivity contribution in [3.05, 3.63) is 42.3 Å². The van der Waals surface area contributed by atoms with Gasteiger partial charge in [-0.05, 0) is 23.6 Å². The Morgan fingerprint density at radius 1 is 1.16 bits per heavy atom. The topological polar surface area (TPSA) is 113 Å². The van der Waals surface area contributed by atoms with Crippen LogP contribution in [0, 0.1) is 11.2 Å². The van der Waals surface area contributed by atoms with Crippen LogP contribution in [0.3, 0.4) is 0 Å². The van der Waals surface area contributed by atoms with E-state index in [1.807, 2.05) is 20.8 Å². The maximum absolute atomic E-state index is 14.8. The fourth-order valence-corrected chi connectivity index (χ4v) is 3.06. The van der Waals surface area contributed by atoms with E-state index in [0.717, 1.165) is 0 Å². The number of urea groups is 2. The number of amides is 4. The van der Waals surface area contributed by atoms with E-state index in [0.29, 0.717) is 11.9 Å². The highest BCUT2D eigenvalue weighted by Gasteiger charge is 2.18. The zero-order valence-electron chi connectivity index (χ0n) is 18.5. The van der Waals surface area contributed by atoms with E-state index in [1.165, 1.54) is 41.4 Å². The van der Waals surface area contributed by atoms with Gasteiger partial charge in [-0.15, -0.1) is 0 Å². The number of halogens is 1. The van der Waals surface area contributed by atoms with Gasteiger partial charge >= 0.3 is 12.1 Å². The number of carbonyl (C=O) groups excluding carboxylic acids is 3. The van der Waals surface area contributed by atoms with Crippen LogP contribution < -0.4 is 20.1 Å². The van der Waals surface area contributed by atoms with Crippen molar-refractivity contribution in [2.24, 2.45) is 5.41 Å². The molecule has 172 valence electrons. The third kappa shape index (κ3) is 8.06. The summed E-state index contributed by atoms with van der Waals surface area (Å²) in [7, 11) is 3.16. The molecule has 0 aliphatic heterocycles. The molecule has 0 atom stereocenters. The number of hydrogen-bond acceptors (Lipinski definition) is 6. The third-order valence-electron chi connectivity index (χ3n) is 3.74. The molecule has 2 rings (SSSR count). The quantitative estimate of drug-likeness (QED) is 0.547. The Morgan fingerprint density at radius 2 is 1.88 bits per heavy atom. The van der Waals surface area contributed by atoms with Gasteiger partial charge < -0.3 is 15.0 Å². The van der Waals surface area contributed by atoms with Crippen LogP contribution in [0.4, 0.5) is 25.5 Å². The van der Waals surface area contributed by atoms with Crippen LogP contribution in [0.15, 0.2) is 36.5 Å². The van der Waals surface area contributed by atoms with E-state index in [1.54, 1.807) is 14.1 Å². The molecular formula is C21H26FN5O4S. The first-order valence-corrected chi connectivity index (χ1v) is 10.4. The number of carbonyl (C=O) groups is 3. The van der Waals surface area contributed by atoms with Crippen molar-refractivity contribution in [1.82, 2.24) is 14.6 Å². The first-order chi connectivity index (χ1) is 14.9. The second-order valence-electron chi connectivity index (χ2n) is 8.19. The maximum Gasteiger partial charge on any atom is 0.329 e. The molecule has 9 nitrogen and oxygen atoms in total. The van der Waals surface area contributed by atoms with Crippen LogP contribution in [0.25, 0.3) is 0 Å². The number of benzene rings is 1. The number of anilines is 2. The van der Waals surface area contributed by atoms with Crippen LogP contribution in [0.2, 0.25) is 0 Å². The third-order valence-corrected chi connectivity index (χ3v) is 4.40. The fraction of sp³-hybridized carbons (Fsp3) is 0.333. The fourth-order valence-electron chi connectivity index (χ4n) is 2.30. The van der Waals surface area contributed by atoms with E-state index in [4.69, 9.17) is 4.74 Å². The second-order valence-corrected chi connectivity index (χ2v) is 9.05. The molecule has 2 aromatic rings. The molecule has 0 aliphatic rings. The van der Waals surface area contributed by atoms with Gasteiger partial charge in [0.1, 0.15) is 11.6 Å². The Bertz CT molecular complexity index is 994. The monoisotopic (exact) mass is 463 g/mol. The molecule has 32 heavy (non-hydrogen) atoms.